The zero-order valence-electron chi connectivity index (χ0n) is 13.2. The van der Waals surface area contributed by atoms with Crippen LogP contribution in [-0.4, -0.2) is 41.3 Å². The average Bonchev–Trinajstić information content (AvgIpc) is 3.06. The summed E-state index contributed by atoms with van der Waals surface area (Å²) in [6, 6.07) is 7.95. The molecule has 2 aromatic heterocycles. The van der Waals surface area contributed by atoms with E-state index in [9.17, 15) is 0 Å². The van der Waals surface area contributed by atoms with Crippen molar-refractivity contribution in [3.63, 3.8) is 0 Å². The number of nitrogens with zero attached hydrogens (tertiary/aromatic N) is 2. The van der Waals surface area contributed by atoms with Crippen LogP contribution < -0.4 is 0 Å². The molecule has 0 saturated carbocycles. The van der Waals surface area contributed by atoms with E-state index >= 15 is 0 Å². The van der Waals surface area contributed by atoms with Gasteiger partial charge in [0.2, 0.25) is 0 Å². The highest BCUT2D eigenvalue weighted by molar-refractivity contribution is 5.08. The van der Waals surface area contributed by atoms with Gasteiger partial charge >= 0.3 is 0 Å². The highest BCUT2D eigenvalue weighted by Crippen LogP contribution is 2.36. The summed E-state index contributed by atoms with van der Waals surface area (Å²) in [4.78, 5) is 6.49. The minimum atomic E-state index is -0.0234. The molecule has 1 spiro atoms. The van der Waals surface area contributed by atoms with E-state index in [0.717, 1.165) is 50.4 Å². The van der Waals surface area contributed by atoms with Crippen LogP contribution in [0.3, 0.4) is 0 Å². The fourth-order valence-corrected chi connectivity index (χ4v) is 3.55. The first kappa shape index (κ1) is 14.9. The van der Waals surface area contributed by atoms with Gasteiger partial charge in [-0.2, -0.15) is 0 Å². The lowest BCUT2D eigenvalue weighted by Crippen LogP contribution is -2.65. The number of aromatic nitrogens is 1. The smallest absolute Gasteiger partial charge is 0.117 e. The second-order valence-electron chi connectivity index (χ2n) is 6.54. The van der Waals surface area contributed by atoms with Gasteiger partial charge in [-0.25, -0.2) is 0 Å². The number of pyridine rings is 1. The van der Waals surface area contributed by atoms with E-state index in [1.807, 2.05) is 24.4 Å². The number of likely N-dealkylation sites (tertiary alicyclic amines) is 1. The number of ether oxygens (including phenoxy) is 2. The average molecular weight is 314 g/mol. The quantitative estimate of drug-likeness (QED) is 0.849. The van der Waals surface area contributed by atoms with Crippen molar-refractivity contribution < 1.29 is 13.9 Å². The normalized spacial score (nSPS) is 23.7. The predicted octanol–water partition coefficient (Wildman–Crippen LogP) is 2.62. The van der Waals surface area contributed by atoms with Gasteiger partial charge < -0.3 is 13.9 Å². The van der Waals surface area contributed by atoms with Gasteiger partial charge in [0.05, 0.1) is 31.1 Å². The van der Waals surface area contributed by atoms with Crippen LogP contribution in [0.5, 0.6) is 0 Å². The van der Waals surface area contributed by atoms with Crippen LogP contribution >= 0.6 is 0 Å². The second-order valence-corrected chi connectivity index (χ2v) is 6.54. The van der Waals surface area contributed by atoms with Gasteiger partial charge in [-0.1, -0.05) is 6.07 Å². The Bertz CT molecular complexity index is 608. The van der Waals surface area contributed by atoms with E-state index in [1.54, 1.807) is 12.5 Å². The third-order valence-electron chi connectivity index (χ3n) is 4.64. The molecule has 2 aliphatic rings. The van der Waals surface area contributed by atoms with Gasteiger partial charge in [-0.05, 0) is 30.2 Å². The molecule has 0 radical (unpaired) electrons. The van der Waals surface area contributed by atoms with Crippen LogP contribution in [0.4, 0.5) is 0 Å². The van der Waals surface area contributed by atoms with Crippen molar-refractivity contribution in [2.45, 2.75) is 37.7 Å². The third kappa shape index (κ3) is 3.47. The van der Waals surface area contributed by atoms with E-state index < -0.39 is 0 Å². The maximum Gasteiger partial charge on any atom is 0.117 e. The first-order valence-electron chi connectivity index (χ1n) is 8.21. The molecule has 2 saturated heterocycles. The van der Waals surface area contributed by atoms with Crippen molar-refractivity contribution in [2.24, 2.45) is 0 Å². The van der Waals surface area contributed by atoms with E-state index in [1.165, 1.54) is 0 Å². The first-order chi connectivity index (χ1) is 11.3. The Morgan fingerprint density at radius 3 is 3.04 bits per heavy atom. The van der Waals surface area contributed by atoms with Crippen molar-refractivity contribution in [3.8, 4) is 0 Å². The minimum Gasteiger partial charge on any atom is -0.468 e. The minimum absolute atomic E-state index is 0.0234. The molecular formula is C18H22N2O3. The summed E-state index contributed by atoms with van der Waals surface area (Å²) >= 11 is 0. The molecule has 4 rings (SSSR count). The summed E-state index contributed by atoms with van der Waals surface area (Å²) < 4.78 is 17.6. The van der Waals surface area contributed by atoms with E-state index in [4.69, 9.17) is 13.9 Å². The van der Waals surface area contributed by atoms with Crippen LogP contribution in [0.1, 0.15) is 24.2 Å². The first-order valence-corrected chi connectivity index (χ1v) is 8.21. The molecular weight excluding hydrogens is 292 g/mol. The number of furan rings is 1. The second kappa shape index (κ2) is 6.43. The summed E-state index contributed by atoms with van der Waals surface area (Å²) in [5.41, 5.74) is 1.10. The summed E-state index contributed by atoms with van der Waals surface area (Å²) in [5, 5.41) is 0. The van der Waals surface area contributed by atoms with Gasteiger partial charge in [0.25, 0.3) is 0 Å². The Morgan fingerprint density at radius 2 is 2.26 bits per heavy atom. The van der Waals surface area contributed by atoms with Crippen LogP contribution in [0.15, 0.2) is 47.3 Å². The van der Waals surface area contributed by atoms with E-state index in [2.05, 4.69) is 16.0 Å². The zero-order chi connectivity index (χ0) is 15.5. The van der Waals surface area contributed by atoms with Gasteiger partial charge in [0.1, 0.15) is 5.76 Å². The maximum atomic E-state index is 6.08. The molecule has 0 amide bonds. The van der Waals surface area contributed by atoms with Crippen LogP contribution in [0.2, 0.25) is 0 Å². The molecule has 0 aliphatic carbocycles. The monoisotopic (exact) mass is 314 g/mol. The molecule has 2 aromatic rings. The molecule has 1 atom stereocenters. The summed E-state index contributed by atoms with van der Waals surface area (Å²) in [5.74, 6) is 1.01. The third-order valence-corrected chi connectivity index (χ3v) is 4.64. The van der Waals surface area contributed by atoms with Crippen LogP contribution in [-0.2, 0) is 22.6 Å². The Balaban J connectivity index is 1.27. The molecule has 122 valence electrons. The van der Waals surface area contributed by atoms with Crippen molar-refractivity contribution >= 4 is 0 Å². The molecule has 5 nitrogen and oxygen atoms in total. The fourth-order valence-electron chi connectivity index (χ4n) is 3.55. The summed E-state index contributed by atoms with van der Waals surface area (Å²) in [7, 11) is 0. The van der Waals surface area contributed by atoms with Gasteiger partial charge in [-0.3, -0.25) is 9.88 Å². The van der Waals surface area contributed by atoms with E-state index in [0.29, 0.717) is 6.61 Å². The molecule has 5 heteroatoms. The zero-order valence-corrected chi connectivity index (χ0v) is 13.2. The van der Waals surface area contributed by atoms with E-state index in [-0.39, 0.29) is 11.7 Å². The van der Waals surface area contributed by atoms with Gasteiger partial charge in [0.15, 0.2) is 0 Å². The Labute approximate surface area is 136 Å². The molecule has 0 N–H and O–H groups in total. The van der Waals surface area contributed by atoms with Gasteiger partial charge in [0, 0.05) is 38.5 Å². The number of hydrogen-bond acceptors (Lipinski definition) is 5. The Morgan fingerprint density at radius 1 is 1.30 bits per heavy atom. The molecule has 4 heterocycles. The van der Waals surface area contributed by atoms with Gasteiger partial charge in [-0.15, -0.1) is 0 Å². The Hall–Kier alpha value is -1.69. The molecule has 2 aliphatic heterocycles. The van der Waals surface area contributed by atoms with Crippen molar-refractivity contribution in [1.82, 2.24) is 9.88 Å². The molecule has 23 heavy (non-hydrogen) atoms. The molecule has 0 aromatic carbocycles. The highest BCUT2D eigenvalue weighted by Gasteiger charge is 2.47. The molecule has 1 unspecified atom stereocenters. The van der Waals surface area contributed by atoms with Crippen LogP contribution in [0, 0.1) is 0 Å². The standard InChI is InChI=1S/C18H22N2O3/c1-3-15(10-19-6-1)12-22-16-5-8-23-18(9-16)13-20(14-18)11-17-4-2-7-21-17/h1-4,6-7,10,16H,5,8-9,11-14H2. The van der Waals surface area contributed by atoms with Crippen molar-refractivity contribution in [2.75, 3.05) is 19.7 Å². The van der Waals surface area contributed by atoms with Crippen molar-refractivity contribution in [3.05, 3.63) is 54.2 Å². The lowest BCUT2D eigenvalue weighted by molar-refractivity contribution is -0.201. The van der Waals surface area contributed by atoms with Crippen molar-refractivity contribution in [1.29, 1.82) is 0 Å². The highest BCUT2D eigenvalue weighted by atomic mass is 16.5. The lowest BCUT2D eigenvalue weighted by atomic mass is 9.84. The summed E-state index contributed by atoms with van der Waals surface area (Å²) in [6.45, 7) is 4.19. The topological polar surface area (TPSA) is 47.7 Å². The SMILES string of the molecule is c1cncc(COC2CCOC3(C2)CN(Cc2ccco2)C3)c1. The maximum absolute atomic E-state index is 6.08. The lowest BCUT2D eigenvalue weighted by Gasteiger charge is -2.53. The fraction of sp³-hybridized carbons (Fsp3) is 0.500. The largest absolute Gasteiger partial charge is 0.468 e. The summed E-state index contributed by atoms with van der Waals surface area (Å²) in [6.07, 6.45) is 7.60. The number of hydrogen-bond donors (Lipinski definition) is 0. The molecule has 0 bridgehead atoms. The Kier molecular flexibility index (Phi) is 4.16. The number of rotatable bonds is 5. The predicted molar refractivity (Wildman–Crippen MR) is 84.7 cm³/mol. The molecule has 2 fully saturated rings. The van der Waals surface area contributed by atoms with Crippen LogP contribution in [0.25, 0.3) is 0 Å².